The maximum atomic E-state index is 11.3. The topological polar surface area (TPSA) is 64.9 Å². The molecule has 3 aromatic carbocycles. The van der Waals surface area contributed by atoms with Gasteiger partial charge in [-0.15, -0.1) is 0 Å². The van der Waals surface area contributed by atoms with E-state index in [-0.39, 0.29) is 12.3 Å². The summed E-state index contributed by atoms with van der Waals surface area (Å²) in [6.45, 7) is 2.18. The molecule has 0 atom stereocenters. The van der Waals surface area contributed by atoms with E-state index in [0.29, 0.717) is 13.1 Å². The highest BCUT2D eigenvalue weighted by Gasteiger charge is 2.44. The minimum Gasteiger partial charge on any atom is -0.354 e. The molecular weight excluding hydrogens is 413 g/mol. The van der Waals surface area contributed by atoms with Crippen molar-refractivity contribution < 1.29 is 4.79 Å². The minimum absolute atomic E-state index is 0.0791. The second-order valence-corrected chi connectivity index (χ2v) is 11.3. The summed E-state index contributed by atoms with van der Waals surface area (Å²) < 4.78 is 0. The third-order valence-electron chi connectivity index (χ3n) is 5.55. The van der Waals surface area contributed by atoms with E-state index in [4.69, 9.17) is 5.26 Å². The van der Waals surface area contributed by atoms with E-state index in [1.54, 1.807) is 0 Å². The second kappa shape index (κ2) is 12.8. The number of nitriles is 1. The van der Waals surface area contributed by atoms with E-state index in [1.807, 2.05) is 6.07 Å². The Morgan fingerprint density at radius 3 is 1.69 bits per heavy atom. The van der Waals surface area contributed by atoms with E-state index < -0.39 is 7.26 Å². The molecule has 0 unspecified atom stereocenters. The number of hydrogen-bond donors (Lipinski definition) is 2. The van der Waals surface area contributed by atoms with Crippen molar-refractivity contribution in [1.29, 1.82) is 5.26 Å². The van der Waals surface area contributed by atoms with Gasteiger partial charge < -0.3 is 10.6 Å². The molecule has 32 heavy (non-hydrogen) atoms. The Bertz CT molecular complexity index is 891. The van der Waals surface area contributed by atoms with E-state index in [0.717, 1.165) is 25.5 Å². The molecule has 0 aromatic heterocycles. The van der Waals surface area contributed by atoms with Crippen molar-refractivity contribution in [3.63, 3.8) is 0 Å². The predicted molar refractivity (Wildman–Crippen MR) is 135 cm³/mol. The number of benzene rings is 3. The van der Waals surface area contributed by atoms with Crippen LogP contribution in [0.1, 0.15) is 19.3 Å². The van der Waals surface area contributed by atoms with Crippen molar-refractivity contribution in [3.8, 4) is 6.07 Å². The molecule has 0 saturated carbocycles. The van der Waals surface area contributed by atoms with Gasteiger partial charge in [-0.3, -0.25) is 4.79 Å². The zero-order valence-electron chi connectivity index (χ0n) is 18.4. The zero-order valence-corrected chi connectivity index (χ0v) is 19.3. The van der Waals surface area contributed by atoms with Crippen LogP contribution in [-0.4, -0.2) is 31.7 Å². The van der Waals surface area contributed by atoms with Crippen LogP contribution in [0.5, 0.6) is 0 Å². The maximum absolute atomic E-state index is 11.3. The number of unbranched alkanes of at least 4 members (excludes halogenated alkanes) is 1. The molecule has 4 nitrogen and oxygen atoms in total. The van der Waals surface area contributed by atoms with E-state index >= 15 is 0 Å². The highest BCUT2D eigenvalue weighted by Crippen LogP contribution is 2.55. The summed E-state index contributed by atoms with van der Waals surface area (Å²) in [6, 6.07) is 34.8. The molecule has 3 aromatic rings. The lowest BCUT2D eigenvalue weighted by atomic mass is 10.3. The van der Waals surface area contributed by atoms with E-state index in [9.17, 15) is 4.79 Å². The molecule has 0 saturated heterocycles. The molecule has 0 fully saturated rings. The summed E-state index contributed by atoms with van der Waals surface area (Å²) in [5.74, 6) is -0.211. The lowest BCUT2D eigenvalue weighted by Crippen LogP contribution is -2.34. The van der Waals surface area contributed by atoms with Crippen LogP contribution in [0, 0.1) is 11.3 Å². The molecule has 0 aliphatic heterocycles. The van der Waals surface area contributed by atoms with Crippen molar-refractivity contribution in [2.45, 2.75) is 19.3 Å². The maximum Gasteiger partial charge on any atom is 0.234 e. The lowest BCUT2D eigenvalue weighted by Gasteiger charge is -2.27. The first-order valence-corrected chi connectivity index (χ1v) is 13.1. The fourth-order valence-corrected chi connectivity index (χ4v) is 8.44. The number of carbonyl (C=O) groups is 1. The number of nitrogens with zero attached hydrogens (tertiary/aromatic N) is 1. The summed E-state index contributed by atoms with van der Waals surface area (Å²) in [4.78, 5) is 11.3. The monoisotopic (exact) mass is 444 g/mol. The first-order valence-electron chi connectivity index (χ1n) is 11.2. The smallest absolute Gasteiger partial charge is 0.234 e. The molecule has 5 heteroatoms. The summed E-state index contributed by atoms with van der Waals surface area (Å²) in [5, 5.41) is 18.9. The summed E-state index contributed by atoms with van der Waals surface area (Å²) in [5.41, 5.74) is 0. The molecule has 164 valence electrons. The molecule has 1 amide bonds. The van der Waals surface area contributed by atoms with Crippen molar-refractivity contribution in [3.05, 3.63) is 91.0 Å². The molecule has 0 radical (unpaired) electrons. The summed E-state index contributed by atoms with van der Waals surface area (Å²) in [7, 11) is -1.75. The Labute approximate surface area is 192 Å². The Hall–Kier alpha value is -2.99. The van der Waals surface area contributed by atoms with Gasteiger partial charge in [0.15, 0.2) is 0 Å². The summed E-state index contributed by atoms with van der Waals surface area (Å²) >= 11 is 0. The third kappa shape index (κ3) is 6.26. The highest BCUT2D eigenvalue weighted by atomic mass is 31.2. The largest absolute Gasteiger partial charge is 0.354 e. The Morgan fingerprint density at radius 1 is 0.719 bits per heavy atom. The van der Waals surface area contributed by atoms with E-state index in [2.05, 4.69) is 102 Å². The van der Waals surface area contributed by atoms with Crippen molar-refractivity contribution in [2.75, 3.05) is 25.8 Å². The molecule has 2 N–H and O–H groups in total. The number of rotatable bonds is 12. The highest BCUT2D eigenvalue weighted by molar-refractivity contribution is 7.95. The molecule has 0 bridgehead atoms. The SMILES string of the molecule is N#CCC(=O)NCCNCCCC[P+](c1ccccc1)(c1ccccc1)c1ccccc1. The molecule has 0 spiro atoms. The molecule has 0 heterocycles. The third-order valence-corrected chi connectivity index (χ3v) is 10.1. The van der Waals surface area contributed by atoms with Crippen molar-refractivity contribution in [2.24, 2.45) is 0 Å². The number of hydrogen-bond acceptors (Lipinski definition) is 3. The van der Waals surface area contributed by atoms with Crippen LogP contribution in [0.15, 0.2) is 91.0 Å². The Balaban J connectivity index is 1.69. The fraction of sp³-hybridized carbons (Fsp3) is 0.259. The standard InChI is InChI=1S/C27H30N3OP/c28-19-18-27(31)30-22-21-29-20-10-11-23-32(24-12-4-1-5-13-24,25-14-6-2-7-15-25)26-16-8-3-9-17-26/h1-9,12-17,29H,10-11,18,20-23H2/p+1. The van der Waals surface area contributed by atoms with Gasteiger partial charge >= 0.3 is 0 Å². The predicted octanol–water partition coefficient (Wildman–Crippen LogP) is 3.38. The van der Waals surface area contributed by atoms with Gasteiger partial charge in [0.2, 0.25) is 5.91 Å². The van der Waals surface area contributed by atoms with Crippen LogP contribution >= 0.6 is 7.26 Å². The van der Waals surface area contributed by atoms with Gasteiger partial charge in [0.1, 0.15) is 29.6 Å². The zero-order chi connectivity index (χ0) is 22.5. The number of amides is 1. The Kier molecular flexibility index (Phi) is 9.44. The van der Waals surface area contributed by atoms with Crippen LogP contribution in [0.4, 0.5) is 0 Å². The van der Waals surface area contributed by atoms with Crippen LogP contribution in [-0.2, 0) is 4.79 Å². The summed E-state index contributed by atoms with van der Waals surface area (Å²) in [6.07, 6.45) is 3.22. The van der Waals surface area contributed by atoms with Crippen LogP contribution in [0.3, 0.4) is 0 Å². The van der Waals surface area contributed by atoms with Gasteiger partial charge in [-0.05, 0) is 55.8 Å². The van der Waals surface area contributed by atoms with Gasteiger partial charge in [-0.25, -0.2) is 0 Å². The minimum atomic E-state index is -1.75. The molecule has 0 aliphatic rings. The first-order chi connectivity index (χ1) is 15.8. The van der Waals surface area contributed by atoms with Crippen LogP contribution in [0.2, 0.25) is 0 Å². The van der Waals surface area contributed by atoms with Gasteiger partial charge in [0.05, 0.1) is 12.2 Å². The molecule has 3 rings (SSSR count). The fourth-order valence-electron chi connectivity index (χ4n) is 4.03. The number of nitrogens with one attached hydrogen (secondary N) is 2. The lowest BCUT2D eigenvalue weighted by molar-refractivity contribution is -0.120. The first kappa shape index (κ1) is 23.7. The quantitative estimate of drug-likeness (QED) is 0.333. The van der Waals surface area contributed by atoms with Crippen molar-refractivity contribution in [1.82, 2.24) is 10.6 Å². The normalized spacial score (nSPS) is 11.0. The van der Waals surface area contributed by atoms with Crippen LogP contribution in [0.25, 0.3) is 0 Å². The van der Waals surface area contributed by atoms with Gasteiger partial charge in [-0.2, -0.15) is 5.26 Å². The second-order valence-electron chi connectivity index (χ2n) is 7.68. The Morgan fingerprint density at radius 2 is 1.22 bits per heavy atom. The van der Waals surface area contributed by atoms with Gasteiger partial charge in [-0.1, -0.05) is 54.6 Å². The van der Waals surface area contributed by atoms with Gasteiger partial charge in [0.25, 0.3) is 0 Å². The van der Waals surface area contributed by atoms with Gasteiger partial charge in [0, 0.05) is 13.1 Å². The van der Waals surface area contributed by atoms with E-state index in [1.165, 1.54) is 15.9 Å². The van der Waals surface area contributed by atoms with Crippen molar-refractivity contribution >= 4 is 29.1 Å². The van der Waals surface area contributed by atoms with Crippen LogP contribution < -0.4 is 26.5 Å². The number of carbonyl (C=O) groups excluding carboxylic acids is 1. The molecular formula is C27H31N3OP+. The average Bonchev–Trinajstić information content (AvgIpc) is 2.85. The average molecular weight is 445 g/mol. The molecule has 0 aliphatic carbocycles.